The minimum Gasteiger partial charge on any atom is -0.356 e. The average molecular weight is 351 g/mol. The van der Waals surface area contributed by atoms with E-state index in [-0.39, 0.29) is 24.2 Å². The zero-order valence-electron chi connectivity index (χ0n) is 14.6. The zero-order chi connectivity index (χ0) is 17.5. The molecule has 0 saturated carbocycles. The Morgan fingerprint density at radius 3 is 2.67 bits per heavy atom. The van der Waals surface area contributed by atoms with Crippen molar-refractivity contribution < 1.29 is 9.59 Å². The Morgan fingerprint density at radius 2 is 2.04 bits per heavy atom. The number of unbranched alkanes of at least 4 members (excludes halogenated alkanes) is 1. The van der Waals surface area contributed by atoms with Crippen molar-refractivity contribution in [2.24, 2.45) is 11.8 Å². The molecule has 2 rings (SSSR count). The Labute approximate surface area is 149 Å². The molecule has 0 aliphatic carbocycles. The highest BCUT2D eigenvalue weighted by Gasteiger charge is 2.35. The molecule has 1 saturated heterocycles. The first-order chi connectivity index (χ1) is 11.5. The molecule has 1 aliphatic heterocycles. The molecule has 1 aromatic rings. The lowest BCUT2D eigenvalue weighted by Gasteiger charge is -2.18. The summed E-state index contributed by atoms with van der Waals surface area (Å²) in [7, 11) is 0. The molecular formula is C19H27ClN2O2. The number of carbonyl (C=O) groups excluding carboxylic acids is 2. The molecule has 0 unspecified atom stereocenters. The van der Waals surface area contributed by atoms with Crippen LogP contribution in [0.25, 0.3) is 0 Å². The lowest BCUT2D eigenvalue weighted by Crippen LogP contribution is -2.35. The fraction of sp³-hybridized carbons (Fsp3) is 0.579. The van der Waals surface area contributed by atoms with Gasteiger partial charge >= 0.3 is 0 Å². The lowest BCUT2D eigenvalue weighted by molar-refractivity contribution is -0.126. The van der Waals surface area contributed by atoms with Gasteiger partial charge in [0.1, 0.15) is 0 Å². The first-order valence-electron chi connectivity index (χ1n) is 8.88. The van der Waals surface area contributed by atoms with Gasteiger partial charge in [0.05, 0.1) is 5.92 Å². The van der Waals surface area contributed by atoms with Gasteiger partial charge < -0.3 is 10.2 Å². The highest BCUT2D eigenvalue weighted by molar-refractivity contribution is 6.30. The highest BCUT2D eigenvalue weighted by Crippen LogP contribution is 2.26. The molecule has 2 amide bonds. The topological polar surface area (TPSA) is 49.4 Å². The van der Waals surface area contributed by atoms with Crippen molar-refractivity contribution in [1.29, 1.82) is 0 Å². The maximum Gasteiger partial charge on any atom is 0.227 e. The molecule has 24 heavy (non-hydrogen) atoms. The van der Waals surface area contributed by atoms with Crippen molar-refractivity contribution in [2.45, 2.75) is 46.0 Å². The molecule has 132 valence electrons. The second kappa shape index (κ2) is 9.07. The summed E-state index contributed by atoms with van der Waals surface area (Å²) in [5.41, 5.74) is 0.800. The number of amides is 2. The van der Waals surface area contributed by atoms with Gasteiger partial charge in [-0.05, 0) is 36.6 Å². The minimum absolute atomic E-state index is 0.00417. The third-order valence-corrected chi connectivity index (χ3v) is 4.99. The van der Waals surface area contributed by atoms with E-state index < -0.39 is 0 Å². The van der Waals surface area contributed by atoms with E-state index in [1.165, 1.54) is 12.8 Å². The van der Waals surface area contributed by atoms with Gasteiger partial charge in [-0.2, -0.15) is 0 Å². The molecule has 2 atom stereocenters. The van der Waals surface area contributed by atoms with Gasteiger partial charge in [-0.15, -0.1) is 0 Å². The summed E-state index contributed by atoms with van der Waals surface area (Å²) in [5.74, 6) is 0.250. The van der Waals surface area contributed by atoms with Crippen molar-refractivity contribution in [1.82, 2.24) is 5.32 Å². The van der Waals surface area contributed by atoms with Crippen LogP contribution in [0.15, 0.2) is 24.3 Å². The van der Waals surface area contributed by atoms with E-state index >= 15 is 0 Å². The Bertz CT molecular complexity index is 559. The van der Waals surface area contributed by atoms with Crippen molar-refractivity contribution >= 4 is 29.1 Å². The molecule has 1 aromatic carbocycles. The second-order valence-corrected chi connectivity index (χ2v) is 6.98. The van der Waals surface area contributed by atoms with Gasteiger partial charge in [-0.25, -0.2) is 0 Å². The van der Waals surface area contributed by atoms with Crippen LogP contribution in [0.4, 0.5) is 5.69 Å². The monoisotopic (exact) mass is 350 g/mol. The van der Waals surface area contributed by atoms with Crippen LogP contribution in [0.5, 0.6) is 0 Å². The number of rotatable bonds is 8. The molecule has 1 aliphatic rings. The highest BCUT2D eigenvalue weighted by atomic mass is 35.5. The predicted molar refractivity (Wildman–Crippen MR) is 98.2 cm³/mol. The number of benzene rings is 1. The van der Waals surface area contributed by atoms with E-state index in [1.54, 1.807) is 17.0 Å². The van der Waals surface area contributed by atoms with Crippen LogP contribution in [-0.2, 0) is 9.59 Å². The molecule has 4 nitrogen and oxygen atoms in total. The fourth-order valence-electron chi connectivity index (χ4n) is 3.09. The summed E-state index contributed by atoms with van der Waals surface area (Å²) in [6, 6.07) is 7.16. The van der Waals surface area contributed by atoms with E-state index in [4.69, 9.17) is 11.6 Å². The molecule has 0 spiro atoms. The third-order valence-electron chi connectivity index (χ3n) is 4.74. The Morgan fingerprint density at radius 1 is 1.33 bits per heavy atom. The standard InChI is InChI=1S/C19H27ClN2O2/c1-3-5-6-14(4-2)12-21-19(24)15-11-18(23)22(13-15)17-9-7-16(20)8-10-17/h7-10,14-15H,3-6,11-13H2,1-2H3,(H,21,24)/t14-,15+/m0/s1. The van der Waals surface area contributed by atoms with Crippen LogP contribution in [0.2, 0.25) is 5.02 Å². The van der Waals surface area contributed by atoms with Crippen LogP contribution in [0.1, 0.15) is 46.0 Å². The molecule has 1 fully saturated rings. The number of nitrogens with one attached hydrogen (secondary N) is 1. The van der Waals surface area contributed by atoms with Gasteiger partial charge in [-0.1, -0.05) is 44.7 Å². The molecular weight excluding hydrogens is 324 g/mol. The SMILES string of the molecule is CCCC[C@H](CC)CNC(=O)[C@@H]1CC(=O)N(c2ccc(Cl)cc2)C1. The van der Waals surface area contributed by atoms with E-state index in [0.29, 0.717) is 24.0 Å². The Balaban J connectivity index is 1.88. The first-order valence-corrected chi connectivity index (χ1v) is 9.26. The molecule has 0 radical (unpaired) electrons. The second-order valence-electron chi connectivity index (χ2n) is 6.54. The number of hydrogen-bond acceptors (Lipinski definition) is 2. The zero-order valence-corrected chi connectivity index (χ0v) is 15.3. The van der Waals surface area contributed by atoms with Crippen molar-refractivity contribution in [3.8, 4) is 0 Å². The van der Waals surface area contributed by atoms with Gasteiger partial charge in [-0.3, -0.25) is 9.59 Å². The molecule has 0 aromatic heterocycles. The smallest absolute Gasteiger partial charge is 0.227 e. The summed E-state index contributed by atoms with van der Waals surface area (Å²) in [6.07, 6.45) is 4.87. The summed E-state index contributed by atoms with van der Waals surface area (Å²) < 4.78 is 0. The summed E-state index contributed by atoms with van der Waals surface area (Å²) >= 11 is 5.89. The molecule has 1 N–H and O–H groups in total. The van der Waals surface area contributed by atoms with Crippen molar-refractivity contribution in [3.63, 3.8) is 0 Å². The minimum atomic E-state index is -0.267. The predicted octanol–water partition coefficient (Wildman–Crippen LogP) is 4.03. The first kappa shape index (κ1) is 18.8. The molecule has 5 heteroatoms. The van der Waals surface area contributed by atoms with Gasteiger partial charge in [0.15, 0.2) is 0 Å². The molecule has 0 bridgehead atoms. The summed E-state index contributed by atoms with van der Waals surface area (Å²) in [4.78, 5) is 26.3. The van der Waals surface area contributed by atoms with Crippen molar-refractivity contribution in [2.75, 3.05) is 18.0 Å². The lowest BCUT2D eigenvalue weighted by atomic mass is 9.99. The maximum atomic E-state index is 12.4. The quantitative estimate of drug-likeness (QED) is 0.769. The normalized spacial score (nSPS) is 18.7. The van der Waals surface area contributed by atoms with E-state index in [0.717, 1.165) is 18.5 Å². The number of anilines is 1. The third kappa shape index (κ3) is 4.97. The van der Waals surface area contributed by atoms with Gasteiger partial charge in [0.25, 0.3) is 0 Å². The average Bonchev–Trinajstić information content (AvgIpc) is 2.97. The van der Waals surface area contributed by atoms with Gasteiger partial charge in [0, 0.05) is 30.2 Å². The number of halogens is 1. The fourth-order valence-corrected chi connectivity index (χ4v) is 3.21. The van der Waals surface area contributed by atoms with Crippen LogP contribution in [-0.4, -0.2) is 24.9 Å². The Kier molecular flexibility index (Phi) is 7.10. The Hall–Kier alpha value is -1.55. The molecule has 1 heterocycles. The summed E-state index contributed by atoms with van der Waals surface area (Å²) in [5, 5.41) is 3.68. The van der Waals surface area contributed by atoms with Crippen molar-refractivity contribution in [3.05, 3.63) is 29.3 Å². The van der Waals surface area contributed by atoms with Gasteiger partial charge in [0.2, 0.25) is 11.8 Å². The number of nitrogens with zero attached hydrogens (tertiary/aromatic N) is 1. The van der Waals surface area contributed by atoms with E-state index in [1.807, 2.05) is 12.1 Å². The van der Waals surface area contributed by atoms with E-state index in [9.17, 15) is 9.59 Å². The number of hydrogen-bond donors (Lipinski definition) is 1. The van der Waals surface area contributed by atoms with E-state index in [2.05, 4.69) is 19.2 Å². The summed E-state index contributed by atoms with van der Waals surface area (Å²) in [6.45, 7) is 5.49. The van der Waals surface area contributed by atoms with Crippen LogP contribution in [0.3, 0.4) is 0 Å². The maximum absolute atomic E-state index is 12.4. The van der Waals surface area contributed by atoms with Crippen LogP contribution < -0.4 is 10.2 Å². The van der Waals surface area contributed by atoms with Crippen LogP contribution >= 0.6 is 11.6 Å². The number of carbonyl (C=O) groups is 2. The largest absolute Gasteiger partial charge is 0.356 e. The van der Waals surface area contributed by atoms with Crippen LogP contribution in [0, 0.1) is 11.8 Å².